The lowest BCUT2D eigenvalue weighted by atomic mass is 10.1. The van der Waals surface area contributed by atoms with Gasteiger partial charge in [0.25, 0.3) is 5.91 Å². The van der Waals surface area contributed by atoms with E-state index in [2.05, 4.69) is 5.32 Å². The average molecular weight is 315 g/mol. The molecule has 0 radical (unpaired) electrons. The minimum atomic E-state index is -0.991. The van der Waals surface area contributed by atoms with E-state index >= 15 is 0 Å². The average Bonchev–Trinajstić information content (AvgIpc) is 2.55. The molecular weight excluding hydrogens is 303 g/mol. The fourth-order valence-electron chi connectivity index (χ4n) is 1.87. The van der Waals surface area contributed by atoms with Crippen molar-refractivity contribution in [2.75, 3.05) is 6.54 Å². The van der Waals surface area contributed by atoms with E-state index in [0.29, 0.717) is 10.6 Å². The van der Waals surface area contributed by atoms with Gasteiger partial charge in [-0.15, -0.1) is 0 Å². The summed E-state index contributed by atoms with van der Waals surface area (Å²) >= 11 is 11.6. The lowest BCUT2D eigenvalue weighted by Crippen LogP contribution is -2.41. The van der Waals surface area contributed by atoms with Gasteiger partial charge in [-0.25, -0.2) is 4.79 Å². The molecule has 1 aromatic rings. The summed E-state index contributed by atoms with van der Waals surface area (Å²) < 4.78 is 0. The van der Waals surface area contributed by atoms with E-state index in [0.717, 1.165) is 4.90 Å². The maximum absolute atomic E-state index is 12.1. The van der Waals surface area contributed by atoms with Gasteiger partial charge in [0.15, 0.2) is 5.78 Å². The second kappa shape index (κ2) is 5.07. The quantitative estimate of drug-likeness (QED) is 0.688. The predicted octanol–water partition coefficient (Wildman–Crippen LogP) is 2.51. The zero-order valence-electron chi connectivity index (χ0n) is 10.9. The van der Waals surface area contributed by atoms with Gasteiger partial charge in [-0.3, -0.25) is 14.5 Å². The van der Waals surface area contributed by atoms with Crippen molar-refractivity contribution >= 4 is 40.9 Å². The van der Waals surface area contributed by atoms with Gasteiger partial charge in [-0.05, 0) is 32.0 Å². The highest BCUT2D eigenvalue weighted by Crippen LogP contribution is 2.23. The fourth-order valence-corrected chi connectivity index (χ4v) is 2.16. The standard InChI is InChI=1S/C13H12Cl2N2O3/c1-13(2)11(19)17(12(20)16-13)6-10(18)7-3-4-8(14)9(15)5-7/h3-5H,6H2,1-2H3,(H,16,20). The zero-order valence-corrected chi connectivity index (χ0v) is 12.4. The molecule has 1 N–H and O–H groups in total. The number of hydrogen-bond donors (Lipinski definition) is 1. The van der Waals surface area contributed by atoms with E-state index in [1.165, 1.54) is 18.2 Å². The Kier molecular flexibility index (Phi) is 3.75. The normalized spacial score (nSPS) is 17.3. The number of carbonyl (C=O) groups is 3. The van der Waals surface area contributed by atoms with Crippen LogP contribution >= 0.6 is 23.2 Å². The maximum Gasteiger partial charge on any atom is 0.325 e. The molecule has 0 aliphatic carbocycles. The number of hydrogen-bond acceptors (Lipinski definition) is 3. The first-order valence-electron chi connectivity index (χ1n) is 5.85. The monoisotopic (exact) mass is 314 g/mol. The van der Waals surface area contributed by atoms with Crippen molar-refractivity contribution in [3.63, 3.8) is 0 Å². The summed E-state index contributed by atoms with van der Waals surface area (Å²) in [6.45, 7) is 2.83. The number of nitrogens with zero attached hydrogens (tertiary/aromatic N) is 1. The summed E-state index contributed by atoms with van der Waals surface area (Å²) in [5, 5.41) is 3.09. The Morgan fingerprint density at radius 3 is 2.40 bits per heavy atom. The fraction of sp³-hybridized carbons (Fsp3) is 0.308. The molecule has 0 aromatic heterocycles. The summed E-state index contributed by atoms with van der Waals surface area (Å²) in [5.74, 6) is -0.819. The molecule has 1 aliphatic rings. The Balaban J connectivity index is 2.18. The number of carbonyl (C=O) groups excluding carboxylic acids is 3. The largest absolute Gasteiger partial charge is 0.325 e. The highest BCUT2D eigenvalue weighted by atomic mass is 35.5. The number of Topliss-reactive ketones (excluding diaryl/α,β-unsaturated/α-hetero) is 1. The smallest absolute Gasteiger partial charge is 0.324 e. The van der Waals surface area contributed by atoms with Gasteiger partial charge in [0.1, 0.15) is 5.54 Å². The van der Waals surface area contributed by atoms with Crippen LogP contribution in [0.2, 0.25) is 10.0 Å². The predicted molar refractivity (Wildman–Crippen MR) is 75.1 cm³/mol. The third kappa shape index (κ3) is 2.64. The van der Waals surface area contributed by atoms with Crippen molar-refractivity contribution in [2.45, 2.75) is 19.4 Å². The molecule has 0 saturated carbocycles. The highest BCUT2D eigenvalue weighted by molar-refractivity contribution is 6.42. The van der Waals surface area contributed by atoms with E-state index in [1.807, 2.05) is 0 Å². The van der Waals surface area contributed by atoms with Crippen molar-refractivity contribution in [1.29, 1.82) is 0 Å². The zero-order chi connectivity index (χ0) is 15.1. The van der Waals surface area contributed by atoms with Crippen LogP contribution in [-0.2, 0) is 4.79 Å². The van der Waals surface area contributed by atoms with E-state index in [9.17, 15) is 14.4 Å². The SMILES string of the molecule is CC1(C)NC(=O)N(CC(=O)c2ccc(Cl)c(Cl)c2)C1=O. The Labute approximate surface area is 125 Å². The number of rotatable bonds is 3. The number of imide groups is 1. The van der Waals surface area contributed by atoms with Crippen LogP contribution in [0.3, 0.4) is 0 Å². The second-order valence-corrected chi connectivity index (χ2v) is 5.81. The van der Waals surface area contributed by atoms with Crippen LogP contribution in [0.5, 0.6) is 0 Å². The molecule has 5 nitrogen and oxygen atoms in total. The van der Waals surface area contributed by atoms with Crippen LogP contribution in [-0.4, -0.2) is 34.7 Å². The molecule has 1 fully saturated rings. The second-order valence-electron chi connectivity index (χ2n) is 5.00. The molecule has 1 heterocycles. The number of urea groups is 1. The Morgan fingerprint density at radius 1 is 1.25 bits per heavy atom. The lowest BCUT2D eigenvalue weighted by molar-refractivity contribution is -0.129. The number of halogens is 2. The van der Waals surface area contributed by atoms with Gasteiger partial charge in [-0.2, -0.15) is 0 Å². The van der Waals surface area contributed by atoms with E-state index in [-0.39, 0.29) is 17.4 Å². The van der Waals surface area contributed by atoms with Crippen molar-refractivity contribution in [3.8, 4) is 0 Å². The van der Waals surface area contributed by atoms with Gasteiger partial charge in [0.2, 0.25) is 0 Å². The molecule has 3 amide bonds. The molecular formula is C13H12Cl2N2O3. The Bertz CT molecular complexity index is 614. The van der Waals surface area contributed by atoms with Gasteiger partial charge >= 0.3 is 6.03 Å². The first-order chi connectivity index (χ1) is 9.22. The minimum absolute atomic E-state index is 0.245. The van der Waals surface area contributed by atoms with Crippen molar-refractivity contribution in [1.82, 2.24) is 10.2 Å². The summed E-state index contributed by atoms with van der Waals surface area (Å²) in [6.07, 6.45) is 0. The molecule has 0 atom stereocenters. The van der Waals surface area contributed by atoms with E-state index < -0.39 is 17.5 Å². The van der Waals surface area contributed by atoms with Crippen molar-refractivity contribution < 1.29 is 14.4 Å². The van der Waals surface area contributed by atoms with Crippen LogP contribution in [0, 0.1) is 0 Å². The molecule has 106 valence electrons. The lowest BCUT2D eigenvalue weighted by Gasteiger charge is -2.15. The summed E-state index contributed by atoms with van der Waals surface area (Å²) in [6, 6.07) is 3.83. The topological polar surface area (TPSA) is 66.5 Å². The van der Waals surface area contributed by atoms with Crippen LogP contribution in [0.25, 0.3) is 0 Å². The van der Waals surface area contributed by atoms with E-state index in [1.54, 1.807) is 13.8 Å². The number of benzene rings is 1. The Hall–Kier alpha value is -1.59. The van der Waals surface area contributed by atoms with Gasteiger partial charge in [0.05, 0.1) is 16.6 Å². The minimum Gasteiger partial charge on any atom is -0.324 e. The molecule has 1 saturated heterocycles. The van der Waals surface area contributed by atoms with Crippen molar-refractivity contribution in [2.24, 2.45) is 0 Å². The van der Waals surface area contributed by atoms with Crippen molar-refractivity contribution in [3.05, 3.63) is 33.8 Å². The third-order valence-electron chi connectivity index (χ3n) is 2.99. The molecule has 7 heteroatoms. The molecule has 0 spiro atoms. The van der Waals surface area contributed by atoms with E-state index in [4.69, 9.17) is 23.2 Å². The summed E-state index contributed by atoms with van der Waals surface area (Å²) in [4.78, 5) is 36.6. The van der Waals surface area contributed by atoms with Crippen LogP contribution in [0.1, 0.15) is 24.2 Å². The van der Waals surface area contributed by atoms with Gasteiger partial charge < -0.3 is 5.32 Å². The van der Waals surface area contributed by atoms with Crippen LogP contribution in [0.4, 0.5) is 4.79 Å². The number of nitrogens with one attached hydrogen (secondary N) is 1. The maximum atomic E-state index is 12.1. The molecule has 1 aromatic carbocycles. The first kappa shape index (κ1) is 14.8. The van der Waals surface area contributed by atoms with Crippen LogP contribution in [0.15, 0.2) is 18.2 Å². The number of amides is 3. The molecule has 1 aliphatic heterocycles. The van der Waals surface area contributed by atoms with Crippen LogP contribution < -0.4 is 5.32 Å². The number of ketones is 1. The summed E-state index contributed by atoms with van der Waals surface area (Å²) in [5.41, 5.74) is -0.695. The third-order valence-corrected chi connectivity index (χ3v) is 3.73. The first-order valence-corrected chi connectivity index (χ1v) is 6.60. The highest BCUT2D eigenvalue weighted by Gasteiger charge is 2.44. The molecule has 0 bridgehead atoms. The molecule has 0 unspecified atom stereocenters. The molecule has 2 rings (SSSR count). The van der Waals surface area contributed by atoms with Gasteiger partial charge in [0, 0.05) is 5.56 Å². The van der Waals surface area contributed by atoms with Gasteiger partial charge in [-0.1, -0.05) is 23.2 Å². The Morgan fingerprint density at radius 2 is 1.90 bits per heavy atom. The molecule has 20 heavy (non-hydrogen) atoms. The summed E-state index contributed by atoms with van der Waals surface area (Å²) in [7, 11) is 0.